The van der Waals surface area contributed by atoms with E-state index in [0.29, 0.717) is 38.4 Å². The lowest BCUT2D eigenvalue weighted by Crippen LogP contribution is -1.96. The Kier molecular flexibility index (Phi) is 4.30. The van der Waals surface area contributed by atoms with Crippen molar-refractivity contribution in [2.75, 3.05) is 7.11 Å². The van der Waals surface area contributed by atoms with Gasteiger partial charge in [0.15, 0.2) is 6.29 Å². The maximum atomic E-state index is 11.1. The van der Waals surface area contributed by atoms with Gasteiger partial charge < -0.3 is 4.74 Å². The number of aromatic nitrogens is 1. The van der Waals surface area contributed by atoms with Crippen LogP contribution in [0.2, 0.25) is 15.1 Å². The summed E-state index contributed by atoms with van der Waals surface area (Å²) in [4.78, 5) is 15.2. The van der Waals surface area contributed by atoms with Crippen LogP contribution in [0.15, 0.2) is 24.3 Å². The monoisotopic (exact) mass is 315 g/mol. The number of carbonyl (C=O) groups is 1. The maximum Gasteiger partial charge on any atom is 0.213 e. The van der Waals surface area contributed by atoms with Crippen LogP contribution in [0.1, 0.15) is 10.5 Å². The average Bonchev–Trinajstić information content (AvgIpc) is 2.37. The lowest BCUT2D eigenvalue weighted by molar-refractivity contribution is 0.111. The van der Waals surface area contributed by atoms with E-state index in [-0.39, 0.29) is 5.69 Å². The first kappa shape index (κ1) is 14.1. The lowest BCUT2D eigenvalue weighted by atomic mass is 10.0. The van der Waals surface area contributed by atoms with Crippen LogP contribution in [0.3, 0.4) is 0 Å². The van der Waals surface area contributed by atoms with E-state index in [1.54, 1.807) is 24.3 Å². The molecule has 0 amide bonds. The molecule has 0 atom stereocenters. The normalized spacial score (nSPS) is 10.3. The van der Waals surface area contributed by atoms with Crippen molar-refractivity contribution in [3.8, 4) is 17.0 Å². The number of halogens is 3. The summed E-state index contributed by atoms with van der Waals surface area (Å²) in [5, 5.41) is 1.13. The zero-order valence-electron chi connectivity index (χ0n) is 9.78. The summed E-state index contributed by atoms with van der Waals surface area (Å²) in [6, 6.07) is 6.42. The van der Waals surface area contributed by atoms with E-state index >= 15 is 0 Å². The van der Waals surface area contributed by atoms with Gasteiger partial charge >= 0.3 is 0 Å². The number of carbonyl (C=O) groups excluding carboxylic acids is 1. The second-order valence-corrected chi connectivity index (χ2v) is 4.90. The van der Waals surface area contributed by atoms with Crippen LogP contribution < -0.4 is 4.74 Å². The molecule has 0 fully saturated rings. The first-order valence-corrected chi connectivity index (χ1v) is 6.35. The minimum atomic E-state index is 0.200. The van der Waals surface area contributed by atoms with Gasteiger partial charge in [0, 0.05) is 22.2 Å². The third kappa shape index (κ3) is 2.84. The van der Waals surface area contributed by atoms with Gasteiger partial charge in [-0.05, 0) is 18.2 Å². The summed E-state index contributed by atoms with van der Waals surface area (Å²) in [5.74, 6) is 0.340. The summed E-state index contributed by atoms with van der Waals surface area (Å²) in [7, 11) is 1.47. The SMILES string of the molecule is COc1ccc(-c2c(Cl)cc(Cl)cc2Cl)c(C=O)n1. The maximum absolute atomic E-state index is 11.1. The van der Waals surface area contributed by atoms with Gasteiger partial charge in [-0.1, -0.05) is 34.8 Å². The minimum absolute atomic E-state index is 0.200. The van der Waals surface area contributed by atoms with Crippen molar-refractivity contribution in [2.45, 2.75) is 0 Å². The highest BCUT2D eigenvalue weighted by Gasteiger charge is 2.15. The third-order valence-electron chi connectivity index (χ3n) is 2.50. The van der Waals surface area contributed by atoms with Gasteiger partial charge in [0.2, 0.25) is 5.88 Å². The number of pyridine rings is 1. The average molecular weight is 317 g/mol. The van der Waals surface area contributed by atoms with E-state index in [2.05, 4.69) is 4.98 Å². The van der Waals surface area contributed by atoms with Crippen LogP contribution in [0.5, 0.6) is 5.88 Å². The predicted octanol–water partition coefficient (Wildman–Crippen LogP) is 4.53. The highest BCUT2D eigenvalue weighted by atomic mass is 35.5. The Labute approximate surface area is 125 Å². The summed E-state index contributed by atoms with van der Waals surface area (Å²) in [6.07, 6.45) is 0.624. The van der Waals surface area contributed by atoms with Gasteiger partial charge in [-0.2, -0.15) is 0 Å². The fraction of sp³-hybridized carbons (Fsp3) is 0.0769. The highest BCUT2D eigenvalue weighted by Crippen LogP contribution is 2.38. The van der Waals surface area contributed by atoms with Crippen LogP contribution in [0, 0.1) is 0 Å². The molecule has 98 valence electrons. The molecule has 0 radical (unpaired) electrons. The van der Waals surface area contributed by atoms with E-state index in [4.69, 9.17) is 39.5 Å². The molecule has 0 spiro atoms. The van der Waals surface area contributed by atoms with Gasteiger partial charge in [-0.3, -0.25) is 4.79 Å². The lowest BCUT2D eigenvalue weighted by Gasteiger charge is -2.10. The van der Waals surface area contributed by atoms with Crippen LogP contribution >= 0.6 is 34.8 Å². The van der Waals surface area contributed by atoms with Crippen LogP contribution in [-0.4, -0.2) is 18.4 Å². The van der Waals surface area contributed by atoms with Crippen LogP contribution in [0.4, 0.5) is 0 Å². The van der Waals surface area contributed by atoms with Gasteiger partial charge in [0.1, 0.15) is 5.69 Å². The van der Waals surface area contributed by atoms with Crippen molar-refractivity contribution in [3.05, 3.63) is 45.0 Å². The fourth-order valence-electron chi connectivity index (χ4n) is 1.67. The second kappa shape index (κ2) is 5.78. The van der Waals surface area contributed by atoms with Gasteiger partial charge in [0.25, 0.3) is 0 Å². The molecule has 1 aromatic heterocycles. The van der Waals surface area contributed by atoms with Crippen molar-refractivity contribution < 1.29 is 9.53 Å². The number of hydrogen-bond acceptors (Lipinski definition) is 3. The molecule has 6 heteroatoms. The Balaban J connectivity index is 2.68. The van der Waals surface area contributed by atoms with Crippen molar-refractivity contribution in [3.63, 3.8) is 0 Å². The summed E-state index contributed by atoms with van der Waals surface area (Å²) in [5.41, 5.74) is 1.25. The molecule has 0 N–H and O–H groups in total. The molecule has 0 saturated carbocycles. The van der Waals surface area contributed by atoms with Gasteiger partial charge in [0.05, 0.1) is 17.2 Å². The minimum Gasteiger partial charge on any atom is -0.481 e. The smallest absolute Gasteiger partial charge is 0.213 e. The van der Waals surface area contributed by atoms with E-state index in [9.17, 15) is 4.79 Å². The molecule has 2 aromatic rings. The first-order valence-electron chi connectivity index (χ1n) is 5.22. The summed E-state index contributed by atoms with van der Waals surface area (Å²) < 4.78 is 4.97. The molecule has 19 heavy (non-hydrogen) atoms. The Hall–Kier alpha value is -1.29. The molecule has 1 heterocycles. The number of rotatable bonds is 3. The first-order chi connectivity index (χ1) is 9.06. The van der Waals surface area contributed by atoms with Crippen LogP contribution in [-0.2, 0) is 0 Å². The number of aldehydes is 1. The predicted molar refractivity (Wildman–Crippen MR) is 76.6 cm³/mol. The molecule has 0 aliphatic carbocycles. The van der Waals surface area contributed by atoms with Crippen molar-refractivity contribution in [2.24, 2.45) is 0 Å². The topological polar surface area (TPSA) is 39.2 Å². The standard InChI is InChI=1S/C13H8Cl3NO2/c1-19-12-3-2-8(11(6-18)17-12)13-9(15)4-7(14)5-10(13)16/h2-6H,1H3. The zero-order chi connectivity index (χ0) is 14.0. The summed E-state index contributed by atoms with van der Waals surface area (Å²) >= 11 is 18.1. The van der Waals surface area contributed by atoms with E-state index < -0.39 is 0 Å². The van der Waals surface area contributed by atoms with E-state index in [0.717, 1.165) is 0 Å². The Morgan fingerprint density at radius 3 is 2.32 bits per heavy atom. The molecule has 1 aromatic carbocycles. The van der Waals surface area contributed by atoms with Gasteiger partial charge in [-0.15, -0.1) is 0 Å². The second-order valence-electron chi connectivity index (χ2n) is 3.65. The molecule has 0 unspecified atom stereocenters. The quantitative estimate of drug-likeness (QED) is 0.781. The number of hydrogen-bond donors (Lipinski definition) is 0. The molecule has 0 aliphatic rings. The molecule has 2 rings (SSSR count). The zero-order valence-corrected chi connectivity index (χ0v) is 12.1. The fourth-order valence-corrected chi connectivity index (χ4v) is 2.69. The van der Waals surface area contributed by atoms with Crippen LogP contribution in [0.25, 0.3) is 11.1 Å². The number of methoxy groups -OCH3 is 1. The largest absolute Gasteiger partial charge is 0.481 e. The number of nitrogens with zero attached hydrogens (tertiary/aromatic N) is 1. The highest BCUT2D eigenvalue weighted by molar-refractivity contribution is 6.42. The van der Waals surface area contributed by atoms with Crippen molar-refractivity contribution in [1.29, 1.82) is 0 Å². The Morgan fingerprint density at radius 1 is 1.16 bits per heavy atom. The van der Waals surface area contributed by atoms with E-state index in [1.165, 1.54) is 7.11 Å². The molecule has 0 aliphatic heterocycles. The number of benzene rings is 1. The third-order valence-corrected chi connectivity index (χ3v) is 3.31. The molecule has 0 bridgehead atoms. The molecular formula is C13H8Cl3NO2. The Bertz CT molecular complexity index is 621. The molecule has 3 nitrogen and oxygen atoms in total. The number of ether oxygens (including phenoxy) is 1. The molecular weight excluding hydrogens is 309 g/mol. The Morgan fingerprint density at radius 2 is 1.79 bits per heavy atom. The summed E-state index contributed by atoms with van der Waals surface area (Å²) in [6.45, 7) is 0. The van der Waals surface area contributed by atoms with Gasteiger partial charge in [-0.25, -0.2) is 4.98 Å². The van der Waals surface area contributed by atoms with Crippen molar-refractivity contribution in [1.82, 2.24) is 4.98 Å². The molecule has 0 saturated heterocycles. The van der Waals surface area contributed by atoms with E-state index in [1.807, 2.05) is 0 Å². The van der Waals surface area contributed by atoms with Crippen molar-refractivity contribution >= 4 is 41.1 Å².